The Kier molecular flexibility index (Phi) is 36.4. The lowest BCUT2D eigenvalue weighted by molar-refractivity contribution is -0.123. The van der Waals surface area contributed by atoms with Crippen LogP contribution in [0.5, 0.6) is 0 Å². The van der Waals surface area contributed by atoms with E-state index in [0.717, 1.165) is 112 Å². The van der Waals surface area contributed by atoms with Crippen LogP contribution >= 0.6 is 0 Å². The number of carbonyl (C=O) groups excluding carboxylic acids is 12. The van der Waals surface area contributed by atoms with Crippen molar-refractivity contribution < 1.29 is 57.5 Å². The predicted octanol–water partition coefficient (Wildman–Crippen LogP) is 12.8. The molecule has 6 aliphatic heterocycles. The number of nitrogens with zero attached hydrogens (tertiary/aromatic N) is 12. The van der Waals surface area contributed by atoms with Gasteiger partial charge in [-0.2, -0.15) is 30.6 Å². The van der Waals surface area contributed by atoms with Crippen molar-refractivity contribution in [2.75, 3.05) is 78.5 Å². The Bertz CT molecular complexity index is 6110. The van der Waals surface area contributed by atoms with Crippen molar-refractivity contribution in [2.45, 2.75) is 247 Å². The van der Waals surface area contributed by atoms with Crippen LogP contribution in [-0.2, 0) is 14.4 Å². The van der Waals surface area contributed by atoms with Gasteiger partial charge in [-0.05, 0) is 183 Å². The highest BCUT2D eigenvalue weighted by atomic mass is 16.2. The summed E-state index contributed by atoms with van der Waals surface area (Å²) < 4.78 is 0. The number of likely N-dealkylation sites (tertiary alicyclic amines) is 6. The largest absolute Gasteiger partial charge is 0.361 e. The fourth-order valence-corrected chi connectivity index (χ4v) is 17.7. The van der Waals surface area contributed by atoms with Crippen LogP contribution in [0.4, 0.5) is 0 Å². The first kappa shape index (κ1) is 106. The third-order valence-corrected chi connectivity index (χ3v) is 26.4. The van der Waals surface area contributed by atoms with Crippen molar-refractivity contribution in [3.8, 4) is 0 Å². The minimum atomic E-state index is -0.146. The van der Waals surface area contributed by atoms with E-state index in [9.17, 15) is 57.5 Å². The van der Waals surface area contributed by atoms with E-state index in [1.807, 2.05) is 211 Å². The molecular formula is C105H141N27O12. The van der Waals surface area contributed by atoms with Gasteiger partial charge in [0.15, 0.2) is 0 Å². The summed E-state index contributed by atoms with van der Waals surface area (Å²) in [7, 11) is 0. The van der Waals surface area contributed by atoms with Crippen LogP contribution in [0.1, 0.15) is 339 Å². The second-order valence-electron chi connectivity index (χ2n) is 40.3. The molecule has 15 N–H and O–H groups in total. The topological polar surface area (TPSA) is 516 Å². The summed E-state index contributed by atoms with van der Waals surface area (Å²) in [5.74, 6) is 1.48. The maximum absolute atomic E-state index is 12.6. The summed E-state index contributed by atoms with van der Waals surface area (Å²) >= 11 is 0. The zero-order chi connectivity index (χ0) is 103. The molecule has 0 bridgehead atoms. The summed E-state index contributed by atoms with van der Waals surface area (Å²) in [6.07, 6.45) is 10.7. The van der Waals surface area contributed by atoms with Gasteiger partial charge in [0, 0.05) is 219 Å². The van der Waals surface area contributed by atoms with E-state index in [0.29, 0.717) is 190 Å². The molecule has 144 heavy (non-hydrogen) atoms. The first-order valence-corrected chi connectivity index (χ1v) is 50.5. The molecule has 6 unspecified atom stereocenters. The molecule has 12 amide bonds. The Labute approximate surface area is 838 Å². The predicted molar refractivity (Wildman–Crippen MR) is 548 cm³/mol. The van der Waals surface area contributed by atoms with Gasteiger partial charge in [0.1, 0.15) is 39.9 Å². The molecule has 3 aromatic carbocycles. The number of hydrogen-bond acceptors (Lipinski definition) is 18. The van der Waals surface area contributed by atoms with E-state index in [4.69, 9.17) is 0 Å². The van der Waals surface area contributed by atoms with E-state index < -0.39 is 0 Å². The molecule has 9 aromatic heterocycles. The Balaban J connectivity index is 0.000000146. The van der Waals surface area contributed by atoms with E-state index in [1.165, 1.54) is 0 Å². The highest BCUT2D eigenvalue weighted by Gasteiger charge is 2.37. The van der Waals surface area contributed by atoms with Crippen molar-refractivity contribution in [3.05, 3.63) is 213 Å². The van der Waals surface area contributed by atoms with Crippen molar-refractivity contribution in [1.82, 2.24) is 137 Å². The number of aromatic amines is 9. The first-order chi connectivity index (χ1) is 68.9. The standard InChI is InChI=1S/3C20H23N5O2.C16H26N4O2.C15H24N4O2.C14H22N4O2/c1-12(2)17-10-18(24-23-17)20(27)25-8-6-15(11-25)22-19(26)14-3-4-16-13(9-14)5-7-21-16;1-12(2)16-10-18(24-23-16)20(27)25-8-6-15(11-25)22-19(26)14-4-3-13-5-7-21-17(13)9-14;1-12(2)16-10-18(24-23-16)20(27)25-8-7-14(11-25)21-19(26)17-9-13-5-3-4-6-15(13)22-17;1-10(2)7-15(21)17-12-5-6-20(9-12)16(22)14-8-13(11(3)4)18-19-14;1-4-5-14(20)16-11-6-7-19(9-11)15(21)13-8-12(10(2)3)17-18-13;1-4-13(19)15-10-5-6-18(8-10)14(20)12-7-11(9(2)3)16-17-12/h2*3-5,7,9-10,12,15,21H,6,8,11H2,1-2H3,(H,22,26)(H,23,24);3-6,9-10,12,14,22H,7-8,11H2,1-2H3,(H,21,26)(H,23,24);8,10-12H,5-7,9H2,1-4H3,(H,17,21)(H,18,19);8,10-11H,4-7,9H2,1-3H3,(H,16,20)(H,17,18);7,9-10H,4-6,8H2,1-3H3,(H,15,19)(H,16,17). The van der Waals surface area contributed by atoms with Crippen molar-refractivity contribution >= 4 is 104 Å². The van der Waals surface area contributed by atoms with Gasteiger partial charge in [-0.3, -0.25) is 88.1 Å². The van der Waals surface area contributed by atoms with E-state index in [2.05, 4.69) is 136 Å². The number of amides is 12. The molecule has 0 radical (unpaired) electrons. The van der Waals surface area contributed by atoms with Crippen LogP contribution in [-0.4, -0.2) is 291 Å². The molecule has 768 valence electrons. The van der Waals surface area contributed by atoms with Crippen LogP contribution in [0.15, 0.2) is 128 Å². The fourth-order valence-electron chi connectivity index (χ4n) is 17.7. The summed E-state index contributed by atoms with van der Waals surface area (Å²) in [6.45, 7) is 39.5. The van der Waals surface area contributed by atoms with Crippen LogP contribution in [0.2, 0.25) is 0 Å². The summed E-state index contributed by atoms with van der Waals surface area (Å²) in [4.78, 5) is 167. The van der Waals surface area contributed by atoms with Gasteiger partial charge in [0.25, 0.3) is 53.2 Å². The van der Waals surface area contributed by atoms with Crippen LogP contribution < -0.4 is 31.9 Å². The lowest BCUT2D eigenvalue weighted by Gasteiger charge is -2.16. The second-order valence-corrected chi connectivity index (χ2v) is 40.3. The van der Waals surface area contributed by atoms with Crippen LogP contribution in [0.25, 0.3) is 32.7 Å². The number of rotatable bonds is 26. The number of H-pyrrole nitrogens is 9. The molecule has 12 aromatic rings. The van der Waals surface area contributed by atoms with Gasteiger partial charge < -0.3 is 76.3 Å². The van der Waals surface area contributed by atoms with E-state index >= 15 is 0 Å². The molecule has 6 saturated heterocycles. The molecule has 6 aliphatic rings. The van der Waals surface area contributed by atoms with Gasteiger partial charge >= 0.3 is 0 Å². The Hall–Kier alpha value is -14.8. The minimum Gasteiger partial charge on any atom is -0.361 e. The number of benzene rings is 3. The number of fused-ring (bicyclic) bond motifs is 3. The lowest BCUT2D eigenvalue weighted by atomic mass is 10.1. The quantitative estimate of drug-likeness (QED) is 0.0239. The van der Waals surface area contributed by atoms with Crippen molar-refractivity contribution in [1.29, 1.82) is 0 Å². The van der Waals surface area contributed by atoms with E-state index in [-0.39, 0.29) is 107 Å². The van der Waals surface area contributed by atoms with Gasteiger partial charge in [0.2, 0.25) is 17.7 Å². The smallest absolute Gasteiger partial charge is 0.274 e. The molecule has 0 saturated carbocycles. The number of aromatic nitrogens is 15. The summed E-state index contributed by atoms with van der Waals surface area (Å²) in [5, 5.41) is 63.2. The first-order valence-electron chi connectivity index (χ1n) is 50.5. The zero-order valence-electron chi connectivity index (χ0n) is 85.5. The van der Waals surface area contributed by atoms with Gasteiger partial charge in [-0.15, -0.1) is 0 Å². The average Bonchev–Trinajstić information content (AvgIpc) is 1.67. The molecule has 15 heterocycles. The van der Waals surface area contributed by atoms with Crippen LogP contribution in [0, 0.1) is 5.92 Å². The van der Waals surface area contributed by atoms with Crippen LogP contribution in [0.3, 0.4) is 0 Å². The molecule has 0 aliphatic carbocycles. The molecule has 18 rings (SSSR count). The summed E-state index contributed by atoms with van der Waals surface area (Å²) in [6, 6.07) is 35.6. The molecule has 39 nitrogen and oxygen atoms in total. The highest BCUT2D eigenvalue weighted by molar-refractivity contribution is 6.02. The van der Waals surface area contributed by atoms with Crippen molar-refractivity contribution in [3.63, 3.8) is 0 Å². The maximum atomic E-state index is 12.6. The number of carbonyl (C=O) groups is 12. The monoisotopic (exact) mass is 1970 g/mol. The molecule has 39 heteroatoms. The van der Waals surface area contributed by atoms with E-state index in [1.54, 1.807) is 29.4 Å². The minimum absolute atomic E-state index is 0.0335. The highest BCUT2D eigenvalue weighted by Crippen LogP contribution is 2.28. The molecular weight excluding hydrogens is 1830 g/mol. The van der Waals surface area contributed by atoms with Gasteiger partial charge in [-0.25, -0.2) is 0 Å². The number of hydrogen-bond donors (Lipinski definition) is 15. The average molecular weight is 1970 g/mol. The number of nitrogens with one attached hydrogen (secondary N) is 15. The normalized spacial score (nSPS) is 17.6. The maximum Gasteiger partial charge on any atom is 0.274 e. The Morgan fingerprint density at radius 3 is 0.951 bits per heavy atom. The third-order valence-electron chi connectivity index (χ3n) is 26.4. The second kappa shape index (κ2) is 49.2. The van der Waals surface area contributed by atoms with Gasteiger partial charge in [-0.1, -0.05) is 135 Å². The number of para-hydroxylation sites is 1. The Morgan fingerprint density at radius 2 is 0.618 bits per heavy atom. The van der Waals surface area contributed by atoms with Gasteiger partial charge in [0.05, 0.1) is 0 Å². The SMILES string of the molecule is CC(C)CC(=O)NC1CCN(C(=O)c2cc(C(C)C)[nH]n2)C1.CC(C)c1cc(C(=O)N2CCC(NC(=O)c3cc4ccccc4[nH]3)C2)n[nH]1.CC(C)c1cc(C(=O)N2CCC(NC(=O)c3ccc4[nH]ccc4c3)C2)n[nH]1.CC(C)c1cc(C(=O)N2CCC(NC(=O)c3ccc4cc[nH]c4c3)C2)n[nH]1.CCC(=O)NC1CCN(C(=O)c2cc(C(C)C)[nH]n2)C1.CCCC(=O)NC1CCN(C(=O)c2cc(C(C)C)[nH]n2)C1. The molecule has 6 fully saturated rings. The fraction of sp³-hybridized carbons (Fsp3) is 0.486. The summed E-state index contributed by atoms with van der Waals surface area (Å²) in [5.41, 5.74) is 13.0. The van der Waals surface area contributed by atoms with Crippen molar-refractivity contribution in [2.24, 2.45) is 5.92 Å². The Morgan fingerprint density at radius 1 is 0.312 bits per heavy atom. The molecule has 0 spiro atoms. The molecule has 6 atom stereocenters. The lowest BCUT2D eigenvalue weighted by Crippen LogP contribution is -2.38. The third kappa shape index (κ3) is 28.4. The zero-order valence-corrected chi connectivity index (χ0v) is 85.5.